The van der Waals surface area contributed by atoms with Crippen molar-refractivity contribution in [3.63, 3.8) is 0 Å². The normalized spacial score (nSPS) is 14.4. The van der Waals surface area contributed by atoms with Crippen LogP contribution in [0, 0.1) is 5.92 Å². The molecule has 6 heteroatoms. The third-order valence-electron chi connectivity index (χ3n) is 2.67. The third-order valence-corrected chi connectivity index (χ3v) is 3.76. The van der Waals surface area contributed by atoms with Crippen molar-refractivity contribution in [3.05, 3.63) is 12.3 Å². The number of rotatable bonds is 12. The van der Waals surface area contributed by atoms with E-state index in [1.165, 1.54) is 0 Å². The summed E-state index contributed by atoms with van der Waals surface area (Å²) in [5.74, 6) is 0.464. The Labute approximate surface area is 117 Å². The maximum atomic E-state index is 11.2. The van der Waals surface area contributed by atoms with Crippen LogP contribution in [-0.2, 0) is 13.6 Å². The predicted molar refractivity (Wildman–Crippen MR) is 77.9 cm³/mol. The molecule has 0 aliphatic rings. The highest BCUT2D eigenvalue weighted by atomic mass is 31.2. The van der Waals surface area contributed by atoms with Gasteiger partial charge in [-0.05, 0) is 25.7 Å². The number of hydrogen-bond acceptors (Lipinski definition) is 4. The van der Waals surface area contributed by atoms with Crippen LogP contribution in [0.5, 0.6) is 0 Å². The summed E-state index contributed by atoms with van der Waals surface area (Å²) >= 11 is 0. The summed E-state index contributed by atoms with van der Waals surface area (Å²) in [6, 6.07) is 0. The number of unbranched alkanes of at least 4 members (excludes halogenated alkanes) is 3. The van der Waals surface area contributed by atoms with Gasteiger partial charge in [-0.2, -0.15) is 0 Å². The Morgan fingerprint density at radius 1 is 1.26 bits per heavy atom. The molecule has 5 nitrogen and oxygen atoms in total. The van der Waals surface area contributed by atoms with Gasteiger partial charge in [0.15, 0.2) is 0 Å². The molecule has 0 amide bonds. The van der Waals surface area contributed by atoms with Gasteiger partial charge in [0.05, 0.1) is 13.2 Å². The first-order chi connectivity index (χ1) is 8.89. The van der Waals surface area contributed by atoms with E-state index in [9.17, 15) is 4.57 Å². The Bertz CT molecular complexity index is 294. The monoisotopic (exact) mass is 293 g/mol. The summed E-state index contributed by atoms with van der Waals surface area (Å²) in [5, 5.41) is 3.28. The molecule has 1 atom stereocenters. The quantitative estimate of drug-likeness (QED) is 0.426. The molecule has 0 saturated heterocycles. The van der Waals surface area contributed by atoms with Gasteiger partial charge < -0.3 is 10.2 Å². The van der Waals surface area contributed by atoms with Gasteiger partial charge in [-0.1, -0.05) is 33.3 Å². The van der Waals surface area contributed by atoms with Crippen LogP contribution in [-0.4, -0.2) is 24.7 Å². The Hall–Kier alpha value is -0.350. The molecule has 0 aliphatic heterocycles. The van der Waals surface area contributed by atoms with E-state index in [2.05, 4.69) is 30.3 Å². The van der Waals surface area contributed by atoms with Crippen LogP contribution in [0.4, 0.5) is 0 Å². The van der Waals surface area contributed by atoms with Crippen LogP contribution in [0.25, 0.3) is 0 Å². The van der Waals surface area contributed by atoms with Crippen LogP contribution in [0.15, 0.2) is 12.3 Å². The minimum absolute atomic E-state index is 0.180. The smallest absolute Gasteiger partial charge is 0.389 e. The first-order valence-corrected chi connectivity index (χ1v) is 8.43. The maximum Gasteiger partial charge on any atom is 0.472 e. The Balaban J connectivity index is 3.37. The molecular formula is C13H28NO4P. The highest BCUT2D eigenvalue weighted by Gasteiger charge is 2.18. The highest BCUT2D eigenvalue weighted by Crippen LogP contribution is 2.42. The Morgan fingerprint density at radius 2 is 1.89 bits per heavy atom. The summed E-state index contributed by atoms with van der Waals surface area (Å²) < 4.78 is 20.6. The van der Waals surface area contributed by atoms with Gasteiger partial charge in [0.25, 0.3) is 0 Å². The van der Waals surface area contributed by atoms with Gasteiger partial charge in [-0.3, -0.25) is 9.05 Å². The molecule has 2 N–H and O–H groups in total. The molecule has 0 fully saturated rings. The van der Waals surface area contributed by atoms with Crippen LogP contribution in [0.1, 0.15) is 46.5 Å². The summed E-state index contributed by atoms with van der Waals surface area (Å²) in [7, 11) is -3.80. The first kappa shape index (κ1) is 18.7. The maximum absolute atomic E-state index is 11.2. The van der Waals surface area contributed by atoms with Crippen molar-refractivity contribution in [2.75, 3.05) is 19.8 Å². The van der Waals surface area contributed by atoms with E-state index in [0.29, 0.717) is 5.92 Å². The lowest BCUT2D eigenvalue weighted by Gasteiger charge is -2.12. The first-order valence-electron chi connectivity index (χ1n) is 6.93. The van der Waals surface area contributed by atoms with Crippen molar-refractivity contribution in [1.29, 1.82) is 0 Å². The minimum atomic E-state index is -3.80. The molecule has 0 aliphatic carbocycles. The number of nitrogens with one attached hydrogen (secondary N) is 1. The number of hydrogen-bond donors (Lipinski definition) is 2. The molecule has 0 bridgehead atoms. The molecule has 114 valence electrons. The van der Waals surface area contributed by atoms with Crippen LogP contribution in [0.2, 0.25) is 0 Å². The van der Waals surface area contributed by atoms with Crippen LogP contribution < -0.4 is 5.32 Å². The summed E-state index contributed by atoms with van der Waals surface area (Å²) in [5.41, 5.74) is 1.07. The fourth-order valence-electron chi connectivity index (χ4n) is 1.41. The van der Waals surface area contributed by atoms with Gasteiger partial charge in [0.1, 0.15) is 0 Å². The average Bonchev–Trinajstić information content (AvgIpc) is 2.31. The van der Waals surface area contributed by atoms with E-state index < -0.39 is 7.82 Å². The molecule has 0 rings (SSSR count). The Kier molecular flexibility index (Phi) is 10.2. The van der Waals surface area contributed by atoms with Gasteiger partial charge in [-0.15, -0.1) is 0 Å². The molecule has 0 spiro atoms. The zero-order valence-corrected chi connectivity index (χ0v) is 13.2. The van der Waals surface area contributed by atoms with Crippen LogP contribution >= 0.6 is 7.82 Å². The van der Waals surface area contributed by atoms with Crippen molar-refractivity contribution in [3.8, 4) is 0 Å². The minimum Gasteiger partial charge on any atom is -0.389 e. The molecule has 0 heterocycles. The van der Waals surface area contributed by atoms with E-state index in [0.717, 1.165) is 37.9 Å². The average molecular weight is 293 g/mol. The lowest BCUT2D eigenvalue weighted by atomic mass is 10.1. The summed E-state index contributed by atoms with van der Waals surface area (Å²) in [4.78, 5) is 9.16. The van der Waals surface area contributed by atoms with Crippen LogP contribution in [0.3, 0.4) is 0 Å². The molecule has 19 heavy (non-hydrogen) atoms. The molecule has 0 aromatic heterocycles. The summed E-state index contributed by atoms with van der Waals surface area (Å²) in [6.07, 6.45) is 3.87. The molecule has 0 saturated carbocycles. The SMILES string of the molecule is C=C(NCCCCCCOP(=O)(O)OCC)C(C)C. The third kappa shape index (κ3) is 11.2. The van der Waals surface area contributed by atoms with Crippen molar-refractivity contribution in [1.82, 2.24) is 5.32 Å². The van der Waals surface area contributed by atoms with Gasteiger partial charge in [-0.25, -0.2) is 4.57 Å². The van der Waals surface area contributed by atoms with Gasteiger partial charge in [0.2, 0.25) is 0 Å². The van der Waals surface area contributed by atoms with Gasteiger partial charge in [0, 0.05) is 12.2 Å². The largest absolute Gasteiger partial charge is 0.472 e. The lowest BCUT2D eigenvalue weighted by Crippen LogP contribution is -2.17. The van der Waals surface area contributed by atoms with Gasteiger partial charge >= 0.3 is 7.82 Å². The van der Waals surface area contributed by atoms with E-state index in [4.69, 9.17) is 9.42 Å². The highest BCUT2D eigenvalue weighted by molar-refractivity contribution is 7.47. The van der Waals surface area contributed by atoms with E-state index >= 15 is 0 Å². The zero-order valence-electron chi connectivity index (χ0n) is 12.4. The van der Waals surface area contributed by atoms with Crippen molar-refractivity contribution >= 4 is 7.82 Å². The standard InChI is InChI=1S/C13H28NO4P/c1-5-17-19(15,16)18-11-9-7-6-8-10-14-13(4)12(2)3/h12,14H,4-11H2,1-3H3,(H,15,16). The number of phosphoric acid groups is 1. The topological polar surface area (TPSA) is 67.8 Å². The van der Waals surface area contributed by atoms with E-state index in [1.807, 2.05) is 0 Å². The number of allylic oxidation sites excluding steroid dienone is 1. The molecular weight excluding hydrogens is 265 g/mol. The predicted octanol–water partition coefficient (Wildman–Crippen LogP) is 3.46. The molecule has 0 aromatic carbocycles. The molecule has 1 unspecified atom stereocenters. The van der Waals surface area contributed by atoms with E-state index in [-0.39, 0.29) is 13.2 Å². The second-order valence-electron chi connectivity index (χ2n) is 4.74. The van der Waals surface area contributed by atoms with Crippen molar-refractivity contribution in [2.45, 2.75) is 46.5 Å². The van der Waals surface area contributed by atoms with Crippen molar-refractivity contribution < 1.29 is 18.5 Å². The van der Waals surface area contributed by atoms with Crippen molar-refractivity contribution in [2.24, 2.45) is 5.92 Å². The fraction of sp³-hybridized carbons (Fsp3) is 0.846. The van der Waals surface area contributed by atoms with E-state index in [1.54, 1.807) is 6.92 Å². The second kappa shape index (κ2) is 10.4. The number of phosphoric ester groups is 1. The molecule has 0 radical (unpaired) electrons. The Morgan fingerprint density at radius 3 is 2.47 bits per heavy atom. The fourth-order valence-corrected chi connectivity index (χ4v) is 2.17. The summed E-state index contributed by atoms with van der Waals surface area (Å²) in [6.45, 7) is 11.2. The lowest BCUT2D eigenvalue weighted by molar-refractivity contribution is 0.153. The molecule has 0 aromatic rings. The zero-order chi connectivity index (χ0) is 14.7. The second-order valence-corrected chi connectivity index (χ2v) is 6.19.